The summed E-state index contributed by atoms with van der Waals surface area (Å²) in [6, 6.07) is 14.9. The predicted molar refractivity (Wildman–Crippen MR) is 88.9 cm³/mol. The first-order valence-corrected chi connectivity index (χ1v) is 7.76. The van der Waals surface area contributed by atoms with Gasteiger partial charge in [-0.05, 0) is 31.0 Å². The maximum Gasteiger partial charge on any atom is 0.122 e. The largest absolute Gasteiger partial charge is 0.496 e. The van der Waals surface area contributed by atoms with Crippen LogP contribution in [0.15, 0.2) is 42.5 Å². The molecule has 0 saturated carbocycles. The van der Waals surface area contributed by atoms with Gasteiger partial charge in [0.05, 0.1) is 14.2 Å². The minimum atomic E-state index is 0.349. The molecule has 2 atom stereocenters. The summed E-state index contributed by atoms with van der Waals surface area (Å²) in [7, 11) is 3.46. The second-order valence-electron chi connectivity index (χ2n) is 5.80. The zero-order valence-electron chi connectivity index (χ0n) is 13.4. The fraction of sp³-hybridized carbons (Fsp3) is 0.368. The lowest BCUT2D eigenvalue weighted by molar-refractivity contribution is 0.370. The van der Waals surface area contributed by atoms with Crippen molar-refractivity contribution < 1.29 is 9.47 Å². The minimum Gasteiger partial charge on any atom is -0.496 e. The number of fused-ring (bicyclic) bond motifs is 1. The normalized spacial score (nSPS) is 17.3. The average Bonchev–Trinajstić information content (AvgIpc) is 2.55. The summed E-state index contributed by atoms with van der Waals surface area (Å²) < 4.78 is 11.0. The van der Waals surface area contributed by atoms with Crippen LogP contribution >= 0.6 is 0 Å². The summed E-state index contributed by atoms with van der Waals surface area (Å²) in [6.07, 6.45) is 1.05. The first-order chi connectivity index (χ1) is 10.7. The van der Waals surface area contributed by atoms with Gasteiger partial charge in [0.2, 0.25) is 0 Å². The first kappa shape index (κ1) is 14.9. The fourth-order valence-electron chi connectivity index (χ4n) is 3.22. The molecule has 22 heavy (non-hydrogen) atoms. The highest BCUT2D eigenvalue weighted by Gasteiger charge is 2.32. The van der Waals surface area contributed by atoms with E-state index in [-0.39, 0.29) is 0 Å². The SMILES string of the molecule is COc1ccc(OC)c2c1C[C@H]2CN[C@@H](C)c1ccccc1. The Labute approximate surface area is 132 Å². The molecule has 3 nitrogen and oxygen atoms in total. The number of ether oxygens (including phenoxy) is 2. The minimum absolute atomic E-state index is 0.349. The van der Waals surface area contributed by atoms with Crippen molar-refractivity contribution in [2.75, 3.05) is 20.8 Å². The van der Waals surface area contributed by atoms with E-state index in [9.17, 15) is 0 Å². The number of benzene rings is 2. The fourth-order valence-corrected chi connectivity index (χ4v) is 3.22. The van der Waals surface area contributed by atoms with Gasteiger partial charge >= 0.3 is 0 Å². The number of methoxy groups -OCH3 is 2. The van der Waals surface area contributed by atoms with E-state index in [1.807, 2.05) is 12.1 Å². The van der Waals surface area contributed by atoms with Gasteiger partial charge in [-0.25, -0.2) is 0 Å². The van der Waals surface area contributed by atoms with Crippen molar-refractivity contribution in [1.29, 1.82) is 0 Å². The quantitative estimate of drug-likeness (QED) is 0.882. The van der Waals surface area contributed by atoms with Gasteiger partial charge in [0.25, 0.3) is 0 Å². The molecule has 0 aromatic heterocycles. The molecule has 3 rings (SSSR count). The summed E-state index contributed by atoms with van der Waals surface area (Å²) in [5.41, 5.74) is 3.91. The molecule has 0 bridgehead atoms. The van der Waals surface area contributed by atoms with Gasteiger partial charge in [0.15, 0.2) is 0 Å². The molecule has 0 saturated heterocycles. The molecule has 2 aromatic carbocycles. The van der Waals surface area contributed by atoms with E-state index < -0.39 is 0 Å². The van der Waals surface area contributed by atoms with Crippen LogP contribution in [-0.4, -0.2) is 20.8 Å². The van der Waals surface area contributed by atoms with Crippen molar-refractivity contribution in [1.82, 2.24) is 5.32 Å². The molecule has 116 valence electrons. The van der Waals surface area contributed by atoms with Crippen molar-refractivity contribution in [2.45, 2.75) is 25.3 Å². The van der Waals surface area contributed by atoms with Crippen molar-refractivity contribution in [2.24, 2.45) is 0 Å². The van der Waals surface area contributed by atoms with E-state index >= 15 is 0 Å². The van der Waals surface area contributed by atoms with E-state index in [0.717, 1.165) is 24.5 Å². The maximum atomic E-state index is 5.51. The van der Waals surface area contributed by atoms with Gasteiger partial charge in [-0.2, -0.15) is 0 Å². The summed E-state index contributed by atoms with van der Waals surface area (Å²) in [5.74, 6) is 2.44. The van der Waals surface area contributed by atoms with Gasteiger partial charge in [0, 0.05) is 29.6 Å². The second-order valence-corrected chi connectivity index (χ2v) is 5.80. The molecule has 1 aliphatic carbocycles. The van der Waals surface area contributed by atoms with Crippen LogP contribution in [0.4, 0.5) is 0 Å². The summed E-state index contributed by atoms with van der Waals surface area (Å²) in [6.45, 7) is 3.16. The molecule has 0 amide bonds. The molecule has 1 N–H and O–H groups in total. The molecule has 0 radical (unpaired) electrons. The highest BCUT2D eigenvalue weighted by molar-refractivity contribution is 5.57. The topological polar surface area (TPSA) is 30.5 Å². The maximum absolute atomic E-state index is 5.51. The van der Waals surface area contributed by atoms with E-state index in [1.54, 1.807) is 14.2 Å². The Morgan fingerprint density at radius 1 is 1.05 bits per heavy atom. The van der Waals surface area contributed by atoms with Crippen LogP contribution in [0.25, 0.3) is 0 Å². The molecular weight excluding hydrogens is 274 g/mol. The molecule has 0 heterocycles. The second kappa shape index (κ2) is 6.41. The zero-order chi connectivity index (χ0) is 15.5. The van der Waals surface area contributed by atoms with E-state index in [2.05, 4.69) is 42.6 Å². The van der Waals surface area contributed by atoms with Crippen LogP contribution in [0.3, 0.4) is 0 Å². The molecular formula is C19H23NO2. The van der Waals surface area contributed by atoms with E-state index in [0.29, 0.717) is 12.0 Å². The average molecular weight is 297 g/mol. The van der Waals surface area contributed by atoms with Crippen molar-refractivity contribution in [3.05, 3.63) is 59.2 Å². The lowest BCUT2D eigenvalue weighted by atomic mass is 9.76. The Morgan fingerprint density at radius 3 is 2.41 bits per heavy atom. The smallest absolute Gasteiger partial charge is 0.122 e. The Kier molecular flexibility index (Phi) is 4.34. The van der Waals surface area contributed by atoms with Crippen molar-refractivity contribution in [3.8, 4) is 11.5 Å². The van der Waals surface area contributed by atoms with Crippen LogP contribution in [0.2, 0.25) is 0 Å². The molecule has 2 aromatic rings. The Morgan fingerprint density at radius 2 is 1.73 bits per heavy atom. The van der Waals surface area contributed by atoms with Crippen LogP contribution in [-0.2, 0) is 6.42 Å². The summed E-state index contributed by atoms with van der Waals surface area (Å²) in [4.78, 5) is 0. The third-order valence-corrected chi connectivity index (χ3v) is 4.54. The molecule has 0 unspecified atom stereocenters. The van der Waals surface area contributed by atoms with E-state index in [1.165, 1.54) is 16.7 Å². The third kappa shape index (κ3) is 2.69. The van der Waals surface area contributed by atoms with Crippen molar-refractivity contribution in [3.63, 3.8) is 0 Å². The lowest BCUT2D eigenvalue weighted by Crippen LogP contribution is -2.31. The summed E-state index contributed by atoms with van der Waals surface area (Å²) >= 11 is 0. The van der Waals surface area contributed by atoms with Gasteiger partial charge in [-0.15, -0.1) is 0 Å². The van der Waals surface area contributed by atoms with Crippen LogP contribution in [0.5, 0.6) is 11.5 Å². The lowest BCUT2D eigenvalue weighted by Gasteiger charge is -2.34. The van der Waals surface area contributed by atoms with Gasteiger partial charge in [0.1, 0.15) is 11.5 Å². The standard InChI is InChI=1S/C19H23NO2/c1-13(14-7-5-4-6-8-14)20-12-15-11-16-17(21-2)9-10-18(22-3)19(15)16/h4-10,13,15,20H,11-12H2,1-3H3/t13-,15-/m0/s1. The number of nitrogens with one attached hydrogen (secondary N) is 1. The third-order valence-electron chi connectivity index (χ3n) is 4.54. The molecule has 3 heteroatoms. The molecule has 0 aliphatic heterocycles. The van der Waals surface area contributed by atoms with Gasteiger partial charge < -0.3 is 14.8 Å². The van der Waals surface area contributed by atoms with Crippen LogP contribution in [0, 0.1) is 0 Å². The van der Waals surface area contributed by atoms with Crippen LogP contribution < -0.4 is 14.8 Å². The van der Waals surface area contributed by atoms with Gasteiger partial charge in [-0.1, -0.05) is 30.3 Å². The highest BCUT2D eigenvalue weighted by Crippen LogP contribution is 2.46. The Hall–Kier alpha value is -2.00. The number of hydrogen-bond acceptors (Lipinski definition) is 3. The monoisotopic (exact) mass is 297 g/mol. The van der Waals surface area contributed by atoms with E-state index in [4.69, 9.17) is 9.47 Å². The molecule has 0 fully saturated rings. The van der Waals surface area contributed by atoms with Gasteiger partial charge in [-0.3, -0.25) is 0 Å². The summed E-state index contributed by atoms with van der Waals surface area (Å²) in [5, 5.41) is 3.63. The predicted octanol–water partition coefficient (Wildman–Crippen LogP) is 3.69. The highest BCUT2D eigenvalue weighted by atomic mass is 16.5. The first-order valence-electron chi connectivity index (χ1n) is 7.76. The Balaban J connectivity index is 1.69. The zero-order valence-corrected chi connectivity index (χ0v) is 13.4. The van der Waals surface area contributed by atoms with Crippen LogP contribution in [0.1, 0.15) is 35.6 Å². The number of hydrogen-bond donors (Lipinski definition) is 1. The Bertz CT molecular complexity index is 639. The molecule has 0 spiro atoms. The number of rotatable bonds is 6. The van der Waals surface area contributed by atoms with Crippen molar-refractivity contribution >= 4 is 0 Å². The molecule has 1 aliphatic rings.